The molecule has 1 fully saturated rings. The van der Waals surface area contributed by atoms with Crippen LogP contribution in [0.25, 0.3) is 22.0 Å². The van der Waals surface area contributed by atoms with Gasteiger partial charge in [0.2, 0.25) is 100 Å². The summed E-state index contributed by atoms with van der Waals surface area (Å²) in [6.45, 7) is 13.3. The summed E-state index contributed by atoms with van der Waals surface area (Å²) in [6, 6.07) is 13.9. The maximum absolute atomic E-state index is 15.4. The van der Waals surface area contributed by atoms with Crippen LogP contribution in [0.1, 0.15) is 111 Å². The fourth-order valence-electron chi connectivity index (χ4n) is 14.2. The lowest BCUT2D eigenvalue weighted by molar-refractivity contribution is -0.147. The predicted octanol–water partition coefficient (Wildman–Crippen LogP) is -0.973. The first-order valence-corrected chi connectivity index (χ1v) is 44.0. The third kappa shape index (κ3) is 31.8. The van der Waals surface area contributed by atoms with Gasteiger partial charge in [0.05, 0.1) is 31.7 Å². The Morgan fingerprint density at radius 2 is 0.878 bits per heavy atom. The van der Waals surface area contributed by atoms with Crippen LogP contribution >= 0.6 is 11.8 Å². The van der Waals surface area contributed by atoms with E-state index in [0.29, 0.717) is 44.9 Å². The number of rotatable bonds is 22. The van der Waals surface area contributed by atoms with Crippen molar-refractivity contribution in [3.63, 3.8) is 0 Å². The van der Waals surface area contributed by atoms with Crippen molar-refractivity contribution in [2.45, 2.75) is 199 Å². The summed E-state index contributed by atoms with van der Waals surface area (Å²) >= 11 is 0.701. The summed E-state index contributed by atoms with van der Waals surface area (Å²) < 4.78 is 0. The van der Waals surface area contributed by atoms with Crippen molar-refractivity contribution >= 4 is 129 Å². The lowest BCUT2D eigenvalue weighted by Gasteiger charge is -2.33. The third-order valence-corrected chi connectivity index (χ3v) is 22.8. The van der Waals surface area contributed by atoms with Gasteiger partial charge in [-0.2, -0.15) is 0 Å². The number of aromatic amines is 1. The minimum atomic E-state index is -2.06. The van der Waals surface area contributed by atoms with Crippen LogP contribution in [0.2, 0.25) is 0 Å². The Labute approximate surface area is 762 Å². The maximum atomic E-state index is 15.4. The van der Waals surface area contributed by atoms with Crippen molar-refractivity contribution in [3.8, 4) is 16.9 Å². The van der Waals surface area contributed by atoms with Crippen molar-refractivity contribution in [1.82, 2.24) is 83.9 Å². The van der Waals surface area contributed by atoms with Gasteiger partial charge < -0.3 is 111 Å². The molecule has 0 unspecified atom stereocenters. The molecule has 0 saturated carbocycles. The fourth-order valence-corrected chi connectivity index (χ4v) is 15.1. The molecule has 1 saturated heterocycles. The number of carbonyl (C=O) groups is 18. The number of likely N-dealkylation sites (N-methyl/N-ethyl adjacent to an activating group) is 2. The van der Waals surface area contributed by atoms with E-state index in [1.807, 2.05) is 30.3 Å². The molecule has 706 valence electrons. The largest absolute Gasteiger partial charge is 0.508 e. The average Bonchev–Trinajstić information content (AvgIpc) is 1.70. The Balaban J connectivity index is 1.30. The number of phenols is 1. The van der Waals surface area contributed by atoms with Gasteiger partial charge in [-0.3, -0.25) is 86.3 Å². The second-order valence-electron chi connectivity index (χ2n) is 33.8. The maximum Gasteiger partial charge on any atom is 0.305 e. The van der Waals surface area contributed by atoms with Gasteiger partial charge >= 0.3 is 5.97 Å². The Hall–Kier alpha value is -13.8. The average molecular weight is 1830 g/mol. The summed E-state index contributed by atoms with van der Waals surface area (Å²) in [4.78, 5) is 263. The van der Waals surface area contributed by atoms with Crippen LogP contribution in [0.15, 0.2) is 140 Å². The number of aliphatic hydroxyl groups is 1. The standard InChI is InChI=1S/C91H120N18O21S/c1-47(2)35-62-83(122)105-76(49(5)6)89(128)103-69(44-110)86(125)104-70(87(126)95-51(9)78(93)117)45-131-46-73(114)97-63(36-53-21-15-13-16-22-53)79(118)99-64(38-55-29-33-59(111)34-30-55)80(119)101-68(41-74(115)116)82(121)100-66(39-58-42-94-61-26-20-19-25-60(58)61)85(124)106-75(48(3)4)88(127)102-65(37-54-27-31-57(32-28-54)56-23-17-14-18-24-56)84(123)107-77(50(7)8)91(130)109(12)52(10)90(129)108(11)43-72(113)96-67(40-71(92)112)81(120)98-62/h13-34,42,47-52,62-70,75-77,94,110-111H,35-41,43-46H2,1-12H3,(H2,92,112)(H2,93,117)(H,95,126)(H,96,113)(H,97,114)(H,98,120)(H,99,118)(H,100,121)(H,101,119)(H,102,127)(H,103,128)(H,104,125)(H,105,122)(H,106,124)(H,107,123)(H,115,116)/t51-,52-,62-,63-,64-,65-,66-,67-,68-,69-,70-,75-,76-,77-/m0/s1. The van der Waals surface area contributed by atoms with Crippen molar-refractivity contribution in [2.75, 3.05) is 38.8 Å². The molecule has 0 radical (unpaired) electrons. The summed E-state index contributed by atoms with van der Waals surface area (Å²) in [5.41, 5.74) is 15.0. The Morgan fingerprint density at radius 1 is 0.458 bits per heavy atom. The number of benzene rings is 5. The van der Waals surface area contributed by atoms with E-state index < -0.39 is 253 Å². The number of nitrogens with two attached hydrogens (primary N) is 2. The molecule has 14 atom stereocenters. The molecule has 1 aliphatic rings. The van der Waals surface area contributed by atoms with Crippen LogP contribution < -0.4 is 80.6 Å². The van der Waals surface area contributed by atoms with Crippen LogP contribution in [0.3, 0.4) is 0 Å². The SMILES string of the molecule is CC(C)C[C@@H]1NC(=O)[C@H](CC(N)=O)NC(=O)CN(C)C(=O)[C@H](C)N(C)C(=O)[C@H](C(C)C)NC(=O)[C@H](Cc2ccc(-c3ccccc3)cc2)NC(=O)[C@H](C(C)C)NC(=O)[C@H](Cc2c[nH]c3ccccc23)NC(=O)[C@H](CC(=O)O)NC(=O)[C@H](Cc2ccc(O)cc2)NC(=O)[C@H](Cc2ccccc2)NC(=O)CSC[C@@H](C(=O)N[C@@H](C)C(N)=O)NC(=O)[C@H](CO)NC(=O)[C@H](C(C)C)NC1=O. The fraction of sp³-hybridized carbons (Fsp3) is 0.451. The molecule has 5 aromatic carbocycles. The molecular weight excluding hydrogens is 1710 g/mol. The van der Waals surface area contributed by atoms with E-state index in [-0.39, 0.29) is 37.4 Å². The second-order valence-corrected chi connectivity index (χ2v) is 34.8. The molecule has 6 aromatic rings. The number of carboxylic acid groups (broad SMARTS) is 1. The minimum Gasteiger partial charge on any atom is -0.508 e. The number of aliphatic hydroxyl groups excluding tert-OH is 1. The molecule has 40 heteroatoms. The molecule has 0 aliphatic carbocycles. The molecule has 0 spiro atoms. The molecule has 1 aromatic heterocycles. The minimum absolute atomic E-state index is 0.131. The monoisotopic (exact) mass is 1830 g/mol. The number of hydrogen-bond acceptors (Lipinski definition) is 21. The predicted molar refractivity (Wildman–Crippen MR) is 484 cm³/mol. The topological polar surface area (TPSA) is 599 Å². The van der Waals surface area contributed by atoms with Gasteiger partial charge in [-0.05, 0) is 95.5 Å². The smallest absolute Gasteiger partial charge is 0.305 e. The number of fused-ring (bicyclic) bond motifs is 1. The number of primary amides is 2. The van der Waals surface area contributed by atoms with Crippen LogP contribution in [0, 0.1) is 23.7 Å². The Kier molecular flexibility index (Phi) is 39.5. The van der Waals surface area contributed by atoms with Crippen molar-refractivity contribution in [2.24, 2.45) is 35.1 Å². The molecule has 21 N–H and O–H groups in total. The number of aliphatic carboxylic acids is 1. The molecule has 7 rings (SSSR count). The number of aromatic hydroxyl groups is 1. The molecule has 131 heavy (non-hydrogen) atoms. The van der Waals surface area contributed by atoms with E-state index >= 15 is 28.8 Å². The number of nitrogens with one attached hydrogen (secondary N) is 14. The van der Waals surface area contributed by atoms with Gasteiger partial charge in [0, 0.05) is 62.6 Å². The molecule has 2 heterocycles. The van der Waals surface area contributed by atoms with Crippen LogP contribution in [0.5, 0.6) is 5.75 Å². The quantitative estimate of drug-likeness (QED) is 0.0389. The highest BCUT2D eigenvalue weighted by molar-refractivity contribution is 8.00. The number of phenolic OH excluding ortho intramolecular Hbond substituents is 1. The Morgan fingerprint density at radius 3 is 1.40 bits per heavy atom. The highest BCUT2D eigenvalue weighted by atomic mass is 32.2. The highest BCUT2D eigenvalue weighted by Gasteiger charge is 2.41. The third-order valence-electron chi connectivity index (χ3n) is 21.7. The van der Waals surface area contributed by atoms with E-state index in [2.05, 4.69) is 74.1 Å². The van der Waals surface area contributed by atoms with Crippen LogP contribution in [-0.2, 0) is 112 Å². The molecule has 17 amide bonds. The summed E-state index contributed by atoms with van der Waals surface area (Å²) in [7, 11) is 2.47. The number of carboxylic acids is 1. The number of carbonyl (C=O) groups excluding carboxylic acids is 17. The summed E-state index contributed by atoms with van der Waals surface area (Å²) in [6.07, 6.45) is -1.85. The number of hydrogen-bond donors (Lipinski definition) is 19. The van der Waals surface area contributed by atoms with Crippen molar-refractivity contribution in [1.29, 1.82) is 0 Å². The normalized spacial score (nSPS) is 23.2. The van der Waals surface area contributed by atoms with Crippen molar-refractivity contribution in [3.05, 3.63) is 162 Å². The van der Waals surface area contributed by atoms with Crippen molar-refractivity contribution < 1.29 is 102 Å². The zero-order chi connectivity index (χ0) is 96.8. The molecule has 1 aliphatic heterocycles. The van der Waals surface area contributed by atoms with E-state index in [9.17, 15) is 72.9 Å². The zero-order valence-electron chi connectivity index (χ0n) is 75.1. The first-order valence-electron chi connectivity index (χ1n) is 42.9. The number of H-pyrrole nitrogens is 1. The van der Waals surface area contributed by atoms with Crippen LogP contribution in [0.4, 0.5) is 0 Å². The van der Waals surface area contributed by atoms with Gasteiger partial charge in [0.1, 0.15) is 90.3 Å². The lowest BCUT2D eigenvalue weighted by Crippen LogP contribution is -2.62. The second kappa shape index (κ2) is 49.7. The van der Waals surface area contributed by atoms with E-state index in [4.69, 9.17) is 11.5 Å². The molecular formula is C91H120N18O21S. The van der Waals surface area contributed by atoms with E-state index in [1.54, 1.807) is 127 Å². The first kappa shape index (κ1) is 104. The van der Waals surface area contributed by atoms with Crippen LogP contribution in [-0.4, -0.2) is 260 Å². The number of para-hydroxylation sites is 1. The zero-order valence-corrected chi connectivity index (χ0v) is 75.9. The molecule has 39 nitrogen and oxygen atoms in total. The van der Waals surface area contributed by atoms with Gasteiger partial charge in [0.15, 0.2) is 0 Å². The highest BCUT2D eigenvalue weighted by Crippen LogP contribution is 2.24. The number of nitrogens with zero attached hydrogens (tertiary/aromatic N) is 2. The number of amides is 17. The number of thioether (sulfide) groups is 1. The molecule has 0 bridgehead atoms. The lowest BCUT2D eigenvalue weighted by atomic mass is 9.97. The van der Waals surface area contributed by atoms with E-state index in [1.165, 1.54) is 66.1 Å². The Bertz CT molecular complexity index is 5060. The van der Waals surface area contributed by atoms with E-state index in [0.717, 1.165) is 20.9 Å². The first-order chi connectivity index (χ1) is 61.9. The summed E-state index contributed by atoms with van der Waals surface area (Å²) in [5.74, 6) is -23.2. The van der Waals surface area contributed by atoms with Gasteiger partial charge in [0.25, 0.3) is 0 Å². The number of aromatic nitrogens is 1. The summed E-state index contributed by atoms with van der Waals surface area (Å²) in [5, 5.41) is 65.2. The van der Waals surface area contributed by atoms with Gasteiger partial charge in [-0.1, -0.05) is 171 Å². The van der Waals surface area contributed by atoms with Gasteiger partial charge in [-0.25, -0.2) is 0 Å². The van der Waals surface area contributed by atoms with Gasteiger partial charge in [-0.15, -0.1) is 11.8 Å².